The maximum atomic E-state index is 12.7. The molecule has 1 aliphatic heterocycles. The Hall–Kier alpha value is -2.12. The number of rotatable bonds is 18. The molecule has 1 heterocycles. The number of para-hydroxylation sites is 1. The van der Waals surface area contributed by atoms with E-state index in [9.17, 15) is 4.79 Å². The summed E-state index contributed by atoms with van der Waals surface area (Å²) in [6.45, 7) is 5.88. The van der Waals surface area contributed by atoms with Gasteiger partial charge in [-0.15, -0.1) is 28.7 Å². The molecule has 0 fully saturated rings. The third-order valence-electron chi connectivity index (χ3n) is 6.82. The highest BCUT2D eigenvalue weighted by Crippen LogP contribution is 2.28. The van der Waals surface area contributed by atoms with Gasteiger partial charge in [0.1, 0.15) is 5.75 Å². The highest BCUT2D eigenvalue weighted by molar-refractivity contribution is 8.93. The van der Waals surface area contributed by atoms with Gasteiger partial charge in [0.15, 0.2) is 0 Å². The van der Waals surface area contributed by atoms with Crippen LogP contribution in [0.5, 0.6) is 5.75 Å². The lowest BCUT2D eigenvalue weighted by Gasteiger charge is -2.18. The molecule has 0 radical (unpaired) electrons. The van der Waals surface area contributed by atoms with Gasteiger partial charge >= 0.3 is 6.03 Å². The molecule has 3 rings (SSSR count). The number of carbonyl (C=O) groups excluding carboxylic acids is 1. The third-order valence-corrected chi connectivity index (χ3v) is 7.84. The molecule has 0 unspecified atom stereocenters. The van der Waals surface area contributed by atoms with Gasteiger partial charge in [-0.2, -0.15) is 0 Å². The van der Waals surface area contributed by atoms with Crippen molar-refractivity contribution in [2.75, 3.05) is 23.1 Å². The van der Waals surface area contributed by atoms with E-state index in [1.165, 1.54) is 75.5 Å². The summed E-state index contributed by atoms with van der Waals surface area (Å²) in [4.78, 5) is 16.3. The van der Waals surface area contributed by atoms with Crippen LogP contribution in [0.25, 0.3) is 0 Å². The van der Waals surface area contributed by atoms with E-state index < -0.39 is 0 Å². The first-order chi connectivity index (χ1) is 18.6. The van der Waals surface area contributed by atoms with E-state index in [0.29, 0.717) is 6.61 Å². The number of nitrogens with one attached hydrogen (secondary N) is 2. The predicted octanol–water partition coefficient (Wildman–Crippen LogP) is 10.4. The molecule has 0 saturated heterocycles. The van der Waals surface area contributed by atoms with E-state index >= 15 is 0 Å². The summed E-state index contributed by atoms with van der Waals surface area (Å²) in [5, 5.41) is 5.96. The van der Waals surface area contributed by atoms with Gasteiger partial charge in [-0.1, -0.05) is 102 Å². The summed E-state index contributed by atoms with van der Waals surface area (Å²) in [6.07, 6.45) is 18.2. The fraction of sp³-hybridized carbons (Fsp3) is 0.531. The number of halogens is 1. The lowest BCUT2D eigenvalue weighted by atomic mass is 10.1. The lowest BCUT2D eigenvalue weighted by Crippen LogP contribution is -2.21. The normalized spacial score (nSPS) is 12.6. The minimum Gasteiger partial charge on any atom is -0.494 e. The number of nitrogens with zero attached hydrogens (tertiary/aromatic N) is 1. The summed E-state index contributed by atoms with van der Waals surface area (Å²) < 4.78 is 5.96. The first-order valence-corrected chi connectivity index (χ1v) is 15.6. The van der Waals surface area contributed by atoms with Crippen molar-refractivity contribution in [1.29, 1.82) is 0 Å². The number of benzene rings is 2. The molecular weight excluding hydrogens is 570 g/mol. The van der Waals surface area contributed by atoms with Crippen LogP contribution >= 0.6 is 28.7 Å². The number of hydrogen-bond acceptors (Lipinski definition) is 4. The molecular formula is C32H48BrN3O2S. The summed E-state index contributed by atoms with van der Waals surface area (Å²) in [7, 11) is 0. The predicted molar refractivity (Wildman–Crippen MR) is 174 cm³/mol. The monoisotopic (exact) mass is 617 g/mol. The number of carbonyl (C=O) groups is 1. The summed E-state index contributed by atoms with van der Waals surface area (Å²) in [5.74, 6) is 1.73. The summed E-state index contributed by atoms with van der Waals surface area (Å²) in [5.41, 5.74) is 2.64. The van der Waals surface area contributed by atoms with E-state index in [4.69, 9.17) is 4.74 Å². The van der Waals surface area contributed by atoms with Crippen LogP contribution in [-0.4, -0.2) is 23.4 Å². The van der Waals surface area contributed by atoms with Crippen molar-refractivity contribution in [3.63, 3.8) is 0 Å². The van der Waals surface area contributed by atoms with Crippen LogP contribution in [0.3, 0.4) is 0 Å². The van der Waals surface area contributed by atoms with Crippen molar-refractivity contribution in [1.82, 2.24) is 4.90 Å². The zero-order chi connectivity index (χ0) is 26.8. The van der Waals surface area contributed by atoms with Crippen LogP contribution in [0, 0.1) is 0 Å². The third kappa shape index (κ3) is 13.7. The van der Waals surface area contributed by atoms with Crippen LogP contribution in [0.15, 0.2) is 59.6 Å². The summed E-state index contributed by atoms with van der Waals surface area (Å²) in [6, 6.07) is 15.4. The van der Waals surface area contributed by atoms with E-state index in [2.05, 4.69) is 41.6 Å². The molecule has 39 heavy (non-hydrogen) atoms. The molecule has 0 atom stereocenters. The second kappa shape index (κ2) is 19.9. The van der Waals surface area contributed by atoms with Crippen molar-refractivity contribution < 1.29 is 9.53 Å². The maximum absolute atomic E-state index is 12.7. The summed E-state index contributed by atoms with van der Waals surface area (Å²) >= 11 is 1.84. The molecule has 0 saturated carbocycles. The molecule has 0 aromatic heterocycles. The second-order valence-corrected chi connectivity index (χ2v) is 11.5. The minimum atomic E-state index is -0.252. The zero-order valence-electron chi connectivity index (χ0n) is 23.9. The van der Waals surface area contributed by atoms with Crippen molar-refractivity contribution in [3.8, 4) is 5.75 Å². The number of hydrogen-bond donors (Lipinski definition) is 2. The van der Waals surface area contributed by atoms with Gasteiger partial charge in [0.05, 0.1) is 12.5 Å². The van der Waals surface area contributed by atoms with Crippen LogP contribution in [-0.2, 0) is 6.54 Å². The van der Waals surface area contributed by atoms with Crippen molar-refractivity contribution in [3.05, 3.63) is 65.2 Å². The zero-order valence-corrected chi connectivity index (χ0v) is 26.4. The van der Waals surface area contributed by atoms with Gasteiger partial charge < -0.3 is 20.3 Å². The number of amides is 2. The van der Waals surface area contributed by atoms with Gasteiger partial charge in [-0.25, -0.2) is 4.79 Å². The van der Waals surface area contributed by atoms with Gasteiger partial charge in [-0.05, 0) is 42.0 Å². The van der Waals surface area contributed by atoms with E-state index in [1.807, 2.05) is 54.2 Å². The largest absolute Gasteiger partial charge is 0.494 e. The maximum Gasteiger partial charge on any atom is 0.323 e. The van der Waals surface area contributed by atoms with Gasteiger partial charge in [0, 0.05) is 30.2 Å². The molecule has 2 amide bonds. The molecule has 1 aliphatic rings. The van der Waals surface area contributed by atoms with Gasteiger partial charge in [0.25, 0.3) is 0 Å². The Labute approximate surface area is 251 Å². The number of unbranched alkanes of at least 4 members (excludes halogenated alkanes) is 11. The Morgan fingerprint density at radius 1 is 0.872 bits per heavy atom. The van der Waals surface area contributed by atoms with E-state index in [1.54, 1.807) is 0 Å². The molecule has 0 aliphatic carbocycles. The number of thioether (sulfide) groups is 1. The Kier molecular flexibility index (Phi) is 16.9. The average molecular weight is 619 g/mol. The van der Waals surface area contributed by atoms with Gasteiger partial charge in [-0.3, -0.25) is 0 Å². The fourth-order valence-corrected chi connectivity index (χ4v) is 5.45. The standard InChI is InChI=1S/C32H47N3O2S.BrH/c1-3-4-5-6-7-8-9-10-11-12-13-16-22-37-30-20-17-19-29(23-30)33-32(36)34-31-21-15-14-18-28(31)25-35-24-27(2)38-26-35;/h14-15,17-21,23-24H,3-13,16,22,25-26H2,1-2H3,(H2,33,34,36);1H. The first-order valence-electron chi connectivity index (χ1n) is 14.6. The topological polar surface area (TPSA) is 53.6 Å². The Balaban J connectivity index is 0.00000533. The smallest absolute Gasteiger partial charge is 0.323 e. The second-order valence-electron chi connectivity index (χ2n) is 10.3. The molecule has 2 aromatic rings. The van der Waals surface area contributed by atoms with Crippen molar-refractivity contribution >= 4 is 46.1 Å². The Morgan fingerprint density at radius 3 is 2.21 bits per heavy atom. The molecule has 2 N–H and O–H groups in total. The van der Waals surface area contributed by atoms with Crippen LogP contribution in [0.1, 0.15) is 96.5 Å². The number of allylic oxidation sites excluding steroid dienone is 1. The lowest BCUT2D eigenvalue weighted by molar-refractivity contribution is 0.262. The first kappa shape index (κ1) is 33.1. The Bertz CT molecular complexity index is 1000. The molecule has 2 aromatic carbocycles. The molecule has 0 spiro atoms. The molecule has 0 bridgehead atoms. The highest BCUT2D eigenvalue weighted by Gasteiger charge is 2.13. The fourth-order valence-electron chi connectivity index (χ4n) is 4.69. The quantitative estimate of drug-likeness (QED) is 0.163. The van der Waals surface area contributed by atoms with Crippen molar-refractivity contribution in [2.45, 2.75) is 97.4 Å². The number of ether oxygens (including phenoxy) is 1. The minimum absolute atomic E-state index is 0. The number of anilines is 2. The van der Waals surface area contributed by atoms with E-state index in [0.717, 1.165) is 41.5 Å². The molecule has 216 valence electrons. The van der Waals surface area contributed by atoms with Crippen LogP contribution in [0.4, 0.5) is 16.2 Å². The van der Waals surface area contributed by atoms with E-state index in [-0.39, 0.29) is 23.0 Å². The Morgan fingerprint density at radius 2 is 1.54 bits per heavy atom. The van der Waals surface area contributed by atoms with Crippen LogP contribution in [0.2, 0.25) is 0 Å². The SMILES string of the molecule is Br.CCCCCCCCCCCCCCOc1cccc(NC(=O)Nc2ccccc2CN2C=C(C)SC2)c1. The van der Waals surface area contributed by atoms with Crippen molar-refractivity contribution in [2.24, 2.45) is 0 Å². The van der Waals surface area contributed by atoms with Gasteiger partial charge in [0.2, 0.25) is 0 Å². The van der Waals surface area contributed by atoms with Crippen LogP contribution < -0.4 is 15.4 Å². The highest BCUT2D eigenvalue weighted by atomic mass is 79.9. The molecule has 5 nitrogen and oxygen atoms in total. The average Bonchev–Trinajstić information content (AvgIpc) is 3.32. The molecule has 7 heteroatoms. The number of urea groups is 1.